The molecule has 0 atom stereocenters. The molecule has 0 N–H and O–H groups in total. The first-order chi connectivity index (χ1) is 9.32. The zero-order valence-electron chi connectivity index (χ0n) is 12.7. The molecule has 1 aromatic heterocycles. The van der Waals surface area contributed by atoms with E-state index < -0.39 is 18.3 Å². The molecule has 1 fully saturated rings. The average Bonchev–Trinajstić information content (AvgIpc) is 2.58. The predicted octanol–water partition coefficient (Wildman–Crippen LogP) is 1.57. The van der Waals surface area contributed by atoms with Crippen molar-refractivity contribution in [2.75, 3.05) is 7.11 Å². The van der Waals surface area contributed by atoms with Gasteiger partial charge in [-0.05, 0) is 27.7 Å². The van der Waals surface area contributed by atoms with Gasteiger partial charge in [0, 0.05) is 29.8 Å². The van der Waals surface area contributed by atoms with Gasteiger partial charge >= 0.3 is 7.12 Å². The molecule has 0 spiro atoms. The van der Waals surface area contributed by atoms with Crippen molar-refractivity contribution < 1.29 is 14.0 Å². The Morgan fingerprint density at radius 1 is 1.25 bits per heavy atom. The van der Waals surface area contributed by atoms with Crippen LogP contribution >= 0.6 is 0 Å². The first-order valence-corrected chi connectivity index (χ1v) is 6.62. The lowest BCUT2D eigenvalue weighted by Gasteiger charge is -2.32. The molecule has 1 aliphatic heterocycles. The van der Waals surface area contributed by atoms with Crippen LogP contribution in [-0.2, 0) is 15.7 Å². The zero-order chi connectivity index (χ0) is 15.0. The summed E-state index contributed by atoms with van der Waals surface area (Å²) in [7, 11) is 1.12. The fourth-order valence-corrected chi connectivity index (χ4v) is 2.13. The van der Waals surface area contributed by atoms with E-state index in [4.69, 9.17) is 20.5 Å². The minimum Gasteiger partial charge on any atom is -0.497 e. The van der Waals surface area contributed by atoms with Crippen molar-refractivity contribution in [2.45, 2.75) is 45.3 Å². The Morgan fingerprint density at radius 3 is 2.35 bits per heavy atom. The molecular formula is C15H20BNO3. The SMILES string of the molecule is C#CCc1cncc(B2OC(C)(C)C(C)(C)O2)c1OC. The summed E-state index contributed by atoms with van der Waals surface area (Å²) < 4.78 is 17.5. The van der Waals surface area contributed by atoms with Crippen molar-refractivity contribution >= 4 is 12.6 Å². The molecule has 2 heterocycles. The smallest absolute Gasteiger partial charge is 0.497 e. The number of nitrogens with zero attached hydrogens (tertiary/aromatic N) is 1. The third-order valence-electron chi connectivity index (χ3n) is 4.00. The number of hydrogen-bond donors (Lipinski definition) is 0. The van der Waals surface area contributed by atoms with Gasteiger partial charge in [0.15, 0.2) is 0 Å². The van der Waals surface area contributed by atoms with Gasteiger partial charge in [0.1, 0.15) is 5.75 Å². The lowest BCUT2D eigenvalue weighted by atomic mass is 9.78. The summed E-state index contributed by atoms with van der Waals surface area (Å²) in [6.07, 6.45) is 9.26. The minimum absolute atomic E-state index is 0.398. The Kier molecular flexibility index (Phi) is 3.81. The van der Waals surface area contributed by atoms with Gasteiger partial charge < -0.3 is 14.0 Å². The van der Waals surface area contributed by atoms with Crippen LogP contribution in [0.25, 0.3) is 0 Å². The lowest BCUT2D eigenvalue weighted by Crippen LogP contribution is -2.41. The monoisotopic (exact) mass is 273 g/mol. The van der Waals surface area contributed by atoms with E-state index in [9.17, 15) is 0 Å². The second-order valence-electron chi connectivity index (χ2n) is 5.89. The molecule has 0 radical (unpaired) electrons. The molecule has 2 rings (SSSR count). The number of rotatable bonds is 3. The van der Waals surface area contributed by atoms with Crippen molar-refractivity contribution in [1.29, 1.82) is 0 Å². The van der Waals surface area contributed by atoms with Crippen molar-refractivity contribution in [3.8, 4) is 18.1 Å². The zero-order valence-corrected chi connectivity index (χ0v) is 12.7. The van der Waals surface area contributed by atoms with Gasteiger partial charge in [-0.15, -0.1) is 12.3 Å². The Labute approximate surface area is 121 Å². The molecular weight excluding hydrogens is 253 g/mol. The molecule has 0 amide bonds. The normalized spacial score (nSPS) is 19.7. The van der Waals surface area contributed by atoms with Gasteiger partial charge in [-0.2, -0.15) is 0 Å². The third kappa shape index (κ3) is 2.42. The highest BCUT2D eigenvalue weighted by Gasteiger charge is 2.52. The van der Waals surface area contributed by atoms with E-state index >= 15 is 0 Å². The number of pyridine rings is 1. The second kappa shape index (κ2) is 5.12. The molecule has 1 aliphatic rings. The first-order valence-electron chi connectivity index (χ1n) is 6.62. The maximum absolute atomic E-state index is 6.03. The molecule has 0 saturated carbocycles. The number of hydrogen-bond acceptors (Lipinski definition) is 4. The Bertz CT molecular complexity index is 533. The van der Waals surface area contributed by atoms with E-state index in [-0.39, 0.29) is 0 Å². The van der Waals surface area contributed by atoms with Crippen LogP contribution in [0.15, 0.2) is 12.4 Å². The molecule has 0 aromatic carbocycles. The van der Waals surface area contributed by atoms with Crippen LogP contribution in [0.2, 0.25) is 0 Å². The topological polar surface area (TPSA) is 40.6 Å². The van der Waals surface area contributed by atoms with Crippen LogP contribution in [0.5, 0.6) is 5.75 Å². The molecule has 0 bridgehead atoms. The van der Waals surface area contributed by atoms with Crippen molar-refractivity contribution in [1.82, 2.24) is 4.98 Å². The molecule has 20 heavy (non-hydrogen) atoms. The Morgan fingerprint density at radius 2 is 1.85 bits per heavy atom. The fourth-order valence-electron chi connectivity index (χ4n) is 2.13. The molecule has 1 saturated heterocycles. The number of ether oxygens (including phenoxy) is 1. The summed E-state index contributed by atoms with van der Waals surface area (Å²) in [5.41, 5.74) is 0.844. The minimum atomic E-state index is -0.500. The van der Waals surface area contributed by atoms with E-state index in [0.717, 1.165) is 11.0 Å². The fraction of sp³-hybridized carbons (Fsp3) is 0.533. The van der Waals surface area contributed by atoms with Crippen LogP contribution in [0.3, 0.4) is 0 Å². The summed E-state index contributed by atoms with van der Waals surface area (Å²) in [4.78, 5) is 4.22. The maximum atomic E-state index is 6.03. The van der Waals surface area contributed by atoms with Gasteiger partial charge in [0.2, 0.25) is 0 Å². The van der Waals surface area contributed by atoms with E-state index in [1.54, 1.807) is 19.5 Å². The van der Waals surface area contributed by atoms with E-state index in [1.807, 2.05) is 27.7 Å². The summed E-state index contributed by atoms with van der Waals surface area (Å²) in [5, 5.41) is 0. The van der Waals surface area contributed by atoms with Gasteiger partial charge in [0.05, 0.1) is 18.3 Å². The number of methoxy groups -OCH3 is 1. The second-order valence-corrected chi connectivity index (χ2v) is 5.89. The standard InChI is InChI=1S/C15H20BNO3/c1-7-8-11-9-17-10-12(13(11)18-6)16-19-14(2,3)15(4,5)20-16/h1,9-10H,8H2,2-6H3. The van der Waals surface area contributed by atoms with Gasteiger partial charge in [0.25, 0.3) is 0 Å². The Balaban J connectivity index is 2.40. The van der Waals surface area contributed by atoms with Gasteiger partial charge in [-0.1, -0.05) is 0 Å². The summed E-state index contributed by atoms with van der Waals surface area (Å²) in [6.45, 7) is 8.05. The van der Waals surface area contributed by atoms with Crippen LogP contribution in [0.1, 0.15) is 33.3 Å². The highest BCUT2D eigenvalue weighted by Crippen LogP contribution is 2.37. The predicted molar refractivity (Wildman–Crippen MR) is 79.0 cm³/mol. The molecule has 0 unspecified atom stereocenters. The molecule has 0 aliphatic carbocycles. The van der Waals surface area contributed by atoms with Crippen LogP contribution < -0.4 is 10.2 Å². The summed E-state index contributed by atoms with van der Waals surface area (Å²) >= 11 is 0. The van der Waals surface area contributed by atoms with Crippen LogP contribution in [0.4, 0.5) is 0 Å². The quantitative estimate of drug-likeness (QED) is 0.619. The maximum Gasteiger partial charge on any atom is 0.500 e. The van der Waals surface area contributed by atoms with Gasteiger partial charge in [-0.3, -0.25) is 4.98 Å². The molecule has 4 nitrogen and oxygen atoms in total. The average molecular weight is 273 g/mol. The highest BCUT2D eigenvalue weighted by atomic mass is 16.7. The highest BCUT2D eigenvalue weighted by molar-refractivity contribution is 6.63. The largest absolute Gasteiger partial charge is 0.500 e. The third-order valence-corrected chi connectivity index (χ3v) is 4.00. The summed E-state index contributed by atoms with van der Waals surface area (Å²) in [6, 6.07) is 0. The summed E-state index contributed by atoms with van der Waals surface area (Å²) in [5.74, 6) is 3.30. The van der Waals surface area contributed by atoms with E-state index in [2.05, 4.69) is 10.9 Å². The van der Waals surface area contributed by atoms with Crippen molar-refractivity contribution in [2.24, 2.45) is 0 Å². The van der Waals surface area contributed by atoms with Crippen LogP contribution in [-0.4, -0.2) is 30.4 Å². The number of terminal acetylenes is 1. The molecule has 106 valence electrons. The van der Waals surface area contributed by atoms with Crippen molar-refractivity contribution in [3.05, 3.63) is 18.0 Å². The number of aromatic nitrogens is 1. The van der Waals surface area contributed by atoms with E-state index in [0.29, 0.717) is 12.2 Å². The van der Waals surface area contributed by atoms with E-state index in [1.165, 1.54) is 0 Å². The first kappa shape index (κ1) is 14.9. The molecule has 1 aromatic rings. The van der Waals surface area contributed by atoms with Crippen LogP contribution in [0, 0.1) is 12.3 Å². The lowest BCUT2D eigenvalue weighted by molar-refractivity contribution is 0.00578. The van der Waals surface area contributed by atoms with Crippen molar-refractivity contribution in [3.63, 3.8) is 0 Å². The Hall–Kier alpha value is -1.51. The molecule has 5 heteroatoms. The van der Waals surface area contributed by atoms with Gasteiger partial charge in [-0.25, -0.2) is 0 Å².